The third kappa shape index (κ3) is 5.42. The molecule has 0 aromatic heterocycles. The van der Waals surface area contributed by atoms with Gasteiger partial charge in [-0.2, -0.15) is 0 Å². The zero-order valence-corrected chi connectivity index (χ0v) is 12.5. The first-order valence-corrected chi connectivity index (χ1v) is 7.91. The molecule has 0 saturated heterocycles. The van der Waals surface area contributed by atoms with Crippen LogP contribution >= 0.6 is 0 Å². The molecule has 102 valence electrons. The van der Waals surface area contributed by atoms with Crippen molar-refractivity contribution in [3.8, 4) is 0 Å². The van der Waals surface area contributed by atoms with Gasteiger partial charge in [0.15, 0.2) is 0 Å². The third-order valence-electron chi connectivity index (χ3n) is 4.51. The summed E-state index contributed by atoms with van der Waals surface area (Å²) in [5.41, 5.74) is 0. The predicted octanol–water partition coefficient (Wildman–Crippen LogP) is 4.76. The monoisotopic (exact) mass is 239 g/mol. The van der Waals surface area contributed by atoms with E-state index in [4.69, 9.17) is 0 Å². The molecule has 1 aliphatic carbocycles. The van der Waals surface area contributed by atoms with Crippen LogP contribution in [0.15, 0.2) is 0 Å². The molecule has 0 bridgehead atoms. The quantitative estimate of drug-likeness (QED) is 0.632. The van der Waals surface area contributed by atoms with E-state index in [1.54, 1.807) is 0 Å². The van der Waals surface area contributed by atoms with Gasteiger partial charge < -0.3 is 5.32 Å². The van der Waals surface area contributed by atoms with Crippen molar-refractivity contribution in [3.63, 3.8) is 0 Å². The van der Waals surface area contributed by atoms with E-state index >= 15 is 0 Å². The Kier molecular flexibility index (Phi) is 7.18. The SMILES string of the molecule is CCCCCCC(C)NC1C(C)CCCC1C. The Bertz CT molecular complexity index is 180. The zero-order valence-electron chi connectivity index (χ0n) is 12.5. The van der Waals surface area contributed by atoms with E-state index in [-0.39, 0.29) is 0 Å². The molecule has 0 aromatic rings. The van der Waals surface area contributed by atoms with Crippen molar-refractivity contribution in [2.45, 2.75) is 91.1 Å². The van der Waals surface area contributed by atoms with Crippen molar-refractivity contribution in [1.82, 2.24) is 5.32 Å². The van der Waals surface area contributed by atoms with Crippen LogP contribution in [0.4, 0.5) is 0 Å². The number of hydrogen-bond acceptors (Lipinski definition) is 1. The summed E-state index contributed by atoms with van der Waals surface area (Å²) >= 11 is 0. The van der Waals surface area contributed by atoms with Gasteiger partial charge in [0.05, 0.1) is 0 Å². The molecular formula is C16H33N. The first-order valence-electron chi connectivity index (χ1n) is 7.91. The summed E-state index contributed by atoms with van der Waals surface area (Å²) in [6.07, 6.45) is 11.2. The fourth-order valence-corrected chi connectivity index (χ4v) is 3.30. The highest BCUT2D eigenvalue weighted by molar-refractivity contribution is 4.85. The lowest BCUT2D eigenvalue weighted by atomic mass is 9.78. The predicted molar refractivity (Wildman–Crippen MR) is 77.3 cm³/mol. The minimum absolute atomic E-state index is 0.708. The Hall–Kier alpha value is -0.0400. The molecule has 1 rings (SSSR count). The summed E-state index contributed by atoms with van der Waals surface area (Å²) < 4.78 is 0. The molecule has 17 heavy (non-hydrogen) atoms. The maximum Gasteiger partial charge on any atom is 0.0121 e. The molecule has 0 spiro atoms. The van der Waals surface area contributed by atoms with Crippen LogP contribution in [0.25, 0.3) is 0 Å². The largest absolute Gasteiger partial charge is 0.311 e. The molecular weight excluding hydrogens is 206 g/mol. The minimum Gasteiger partial charge on any atom is -0.311 e. The molecule has 0 aromatic carbocycles. The van der Waals surface area contributed by atoms with Crippen LogP contribution in [0.5, 0.6) is 0 Å². The van der Waals surface area contributed by atoms with Crippen LogP contribution < -0.4 is 5.32 Å². The van der Waals surface area contributed by atoms with Crippen molar-refractivity contribution in [2.24, 2.45) is 11.8 Å². The number of nitrogens with one attached hydrogen (secondary N) is 1. The van der Waals surface area contributed by atoms with E-state index in [0.29, 0.717) is 6.04 Å². The zero-order chi connectivity index (χ0) is 12.7. The van der Waals surface area contributed by atoms with Crippen LogP contribution in [0.1, 0.15) is 79.1 Å². The highest BCUT2D eigenvalue weighted by Gasteiger charge is 2.28. The Morgan fingerprint density at radius 1 is 1.06 bits per heavy atom. The lowest BCUT2D eigenvalue weighted by Gasteiger charge is -2.37. The molecule has 0 amide bonds. The summed E-state index contributed by atoms with van der Waals surface area (Å²) in [7, 11) is 0. The van der Waals surface area contributed by atoms with Crippen LogP contribution in [0.3, 0.4) is 0 Å². The van der Waals surface area contributed by atoms with Gasteiger partial charge in [0.25, 0.3) is 0 Å². The first-order chi connectivity index (χ1) is 8.15. The van der Waals surface area contributed by atoms with Crippen molar-refractivity contribution >= 4 is 0 Å². The molecule has 3 atom stereocenters. The van der Waals surface area contributed by atoms with Gasteiger partial charge in [-0.25, -0.2) is 0 Å². The number of hydrogen-bond donors (Lipinski definition) is 1. The Balaban J connectivity index is 2.21. The maximum atomic E-state index is 3.90. The molecule has 0 radical (unpaired) electrons. The Morgan fingerprint density at radius 3 is 2.29 bits per heavy atom. The van der Waals surface area contributed by atoms with Gasteiger partial charge in [-0.05, 0) is 38.0 Å². The topological polar surface area (TPSA) is 12.0 Å². The van der Waals surface area contributed by atoms with Crippen molar-refractivity contribution in [2.75, 3.05) is 0 Å². The summed E-state index contributed by atoms with van der Waals surface area (Å²) in [6.45, 7) is 9.52. The molecule has 1 saturated carbocycles. The molecule has 1 heteroatoms. The first kappa shape index (κ1) is 15.0. The van der Waals surface area contributed by atoms with Gasteiger partial charge in [-0.3, -0.25) is 0 Å². The van der Waals surface area contributed by atoms with E-state index < -0.39 is 0 Å². The summed E-state index contributed by atoms with van der Waals surface area (Å²) in [5, 5.41) is 3.90. The third-order valence-corrected chi connectivity index (χ3v) is 4.51. The molecule has 0 heterocycles. The van der Waals surface area contributed by atoms with E-state index in [1.807, 2.05) is 0 Å². The van der Waals surface area contributed by atoms with Crippen LogP contribution in [-0.4, -0.2) is 12.1 Å². The van der Waals surface area contributed by atoms with Crippen LogP contribution in [-0.2, 0) is 0 Å². The second kappa shape index (κ2) is 8.13. The standard InChI is InChI=1S/C16H33N/c1-5-6-7-8-12-15(4)17-16-13(2)10-9-11-14(16)3/h13-17H,5-12H2,1-4H3. The Labute approximate surface area is 109 Å². The number of unbranched alkanes of at least 4 members (excludes halogenated alkanes) is 3. The van der Waals surface area contributed by atoms with Gasteiger partial charge in [0.1, 0.15) is 0 Å². The fourth-order valence-electron chi connectivity index (χ4n) is 3.30. The lowest BCUT2D eigenvalue weighted by molar-refractivity contribution is 0.192. The Morgan fingerprint density at radius 2 is 1.71 bits per heavy atom. The van der Waals surface area contributed by atoms with E-state index in [2.05, 4.69) is 33.0 Å². The van der Waals surface area contributed by atoms with Crippen molar-refractivity contribution < 1.29 is 0 Å². The van der Waals surface area contributed by atoms with Crippen molar-refractivity contribution in [3.05, 3.63) is 0 Å². The maximum absolute atomic E-state index is 3.90. The summed E-state index contributed by atoms with van der Waals surface area (Å²) in [5.74, 6) is 1.74. The molecule has 1 N–H and O–H groups in total. The van der Waals surface area contributed by atoms with E-state index in [9.17, 15) is 0 Å². The second-order valence-corrected chi connectivity index (χ2v) is 6.33. The molecule has 0 aliphatic heterocycles. The average Bonchev–Trinajstić information content (AvgIpc) is 2.30. The molecule has 3 unspecified atom stereocenters. The smallest absolute Gasteiger partial charge is 0.0121 e. The minimum atomic E-state index is 0.708. The van der Waals surface area contributed by atoms with Gasteiger partial charge in [-0.1, -0.05) is 52.9 Å². The summed E-state index contributed by atoms with van der Waals surface area (Å²) in [6, 6.07) is 1.48. The van der Waals surface area contributed by atoms with Gasteiger partial charge in [0, 0.05) is 12.1 Å². The molecule has 1 fully saturated rings. The second-order valence-electron chi connectivity index (χ2n) is 6.33. The lowest BCUT2D eigenvalue weighted by Crippen LogP contribution is -2.46. The average molecular weight is 239 g/mol. The van der Waals surface area contributed by atoms with Crippen LogP contribution in [0.2, 0.25) is 0 Å². The van der Waals surface area contributed by atoms with Gasteiger partial charge in [0.2, 0.25) is 0 Å². The highest BCUT2D eigenvalue weighted by Crippen LogP contribution is 2.29. The van der Waals surface area contributed by atoms with E-state index in [1.165, 1.54) is 51.4 Å². The van der Waals surface area contributed by atoms with Crippen molar-refractivity contribution in [1.29, 1.82) is 0 Å². The number of rotatable bonds is 7. The molecule has 1 nitrogen and oxygen atoms in total. The van der Waals surface area contributed by atoms with Crippen LogP contribution in [0, 0.1) is 11.8 Å². The van der Waals surface area contributed by atoms with Gasteiger partial charge in [-0.15, -0.1) is 0 Å². The summed E-state index contributed by atoms with van der Waals surface area (Å²) in [4.78, 5) is 0. The normalized spacial score (nSPS) is 31.4. The highest BCUT2D eigenvalue weighted by atomic mass is 15.0. The fraction of sp³-hybridized carbons (Fsp3) is 1.00. The molecule has 1 aliphatic rings. The van der Waals surface area contributed by atoms with E-state index in [0.717, 1.165) is 17.9 Å². The van der Waals surface area contributed by atoms with Gasteiger partial charge >= 0.3 is 0 Å².